The maximum absolute atomic E-state index is 13.8. The maximum Gasteiger partial charge on any atom is 0.266 e. The van der Waals surface area contributed by atoms with E-state index in [2.05, 4.69) is 6.92 Å². The average Bonchev–Trinajstić information content (AvgIpc) is 2.88. The topological polar surface area (TPSA) is 73.7 Å². The molecule has 2 aromatic carbocycles. The minimum Gasteiger partial charge on any atom is -0.494 e. The number of hydrogen-bond donors (Lipinski definition) is 0. The van der Waals surface area contributed by atoms with Crippen molar-refractivity contribution in [3.05, 3.63) is 64.7 Å². The highest BCUT2D eigenvalue weighted by atomic mass is 16.5. The Labute approximate surface area is 207 Å². The highest BCUT2D eigenvalue weighted by molar-refractivity contribution is 5.79. The first-order valence-electron chi connectivity index (χ1n) is 12.6. The van der Waals surface area contributed by atoms with Gasteiger partial charge in [0.15, 0.2) is 0 Å². The largest absolute Gasteiger partial charge is 0.494 e. The van der Waals surface area contributed by atoms with Crippen LogP contribution in [-0.4, -0.2) is 47.2 Å². The first-order chi connectivity index (χ1) is 17.0. The van der Waals surface area contributed by atoms with Crippen LogP contribution in [0.2, 0.25) is 0 Å². The molecule has 1 aromatic heterocycles. The molecule has 1 atom stereocenters. The zero-order valence-corrected chi connectivity index (χ0v) is 21.3. The van der Waals surface area contributed by atoms with Gasteiger partial charge in [0, 0.05) is 26.7 Å². The number of unbranched alkanes of at least 4 members (excludes halogenated alkanes) is 1. The number of aromatic nitrogens is 2. The molecule has 3 aromatic rings. The second-order valence-electron chi connectivity index (χ2n) is 8.52. The number of hydrogen-bond acceptors (Lipinski definition) is 5. The number of ether oxygens (including phenoxy) is 2. The lowest BCUT2D eigenvalue weighted by molar-refractivity contribution is -0.134. The number of fused-ring (bicyclic) bond motifs is 1. The second kappa shape index (κ2) is 13.0. The predicted octanol–water partition coefficient (Wildman–Crippen LogP) is 5.29. The molecule has 1 unspecified atom stereocenters. The van der Waals surface area contributed by atoms with Crippen molar-refractivity contribution < 1.29 is 14.3 Å². The molecule has 0 aliphatic heterocycles. The summed E-state index contributed by atoms with van der Waals surface area (Å²) in [6, 6.07) is 14.5. The minimum atomic E-state index is -0.347. The molecule has 0 aliphatic rings. The van der Waals surface area contributed by atoms with Gasteiger partial charge in [-0.3, -0.25) is 14.2 Å². The number of carbonyl (C=O) groups excluding carboxylic acids is 1. The number of nitrogens with zero attached hydrogens (tertiary/aromatic N) is 3. The van der Waals surface area contributed by atoms with Gasteiger partial charge in [-0.2, -0.15) is 0 Å². The third-order valence-corrected chi connectivity index (χ3v) is 6.08. The van der Waals surface area contributed by atoms with E-state index < -0.39 is 0 Å². The van der Waals surface area contributed by atoms with Crippen molar-refractivity contribution in [2.75, 3.05) is 26.9 Å². The number of methoxy groups -OCH3 is 1. The fourth-order valence-corrected chi connectivity index (χ4v) is 4.33. The molecule has 0 fully saturated rings. The molecule has 1 heterocycles. The molecule has 0 spiro atoms. The third-order valence-electron chi connectivity index (χ3n) is 6.08. The van der Waals surface area contributed by atoms with Crippen molar-refractivity contribution in [2.45, 2.75) is 58.9 Å². The van der Waals surface area contributed by atoms with Crippen molar-refractivity contribution in [3.8, 4) is 11.4 Å². The quantitative estimate of drug-likeness (QED) is 0.311. The second-order valence-corrected chi connectivity index (χ2v) is 8.52. The highest BCUT2D eigenvalue weighted by Gasteiger charge is 2.28. The van der Waals surface area contributed by atoms with Crippen LogP contribution in [0.3, 0.4) is 0 Å². The van der Waals surface area contributed by atoms with E-state index in [1.807, 2.05) is 61.2 Å². The summed E-state index contributed by atoms with van der Waals surface area (Å²) in [4.78, 5) is 34.0. The van der Waals surface area contributed by atoms with Crippen molar-refractivity contribution in [3.63, 3.8) is 0 Å². The van der Waals surface area contributed by atoms with Crippen LogP contribution in [0.15, 0.2) is 53.3 Å². The van der Waals surface area contributed by atoms with E-state index in [1.54, 1.807) is 17.7 Å². The van der Waals surface area contributed by atoms with Crippen LogP contribution in [-0.2, 0) is 9.53 Å². The molecule has 7 nitrogen and oxygen atoms in total. The van der Waals surface area contributed by atoms with Gasteiger partial charge in [0.05, 0.1) is 29.2 Å². The summed E-state index contributed by atoms with van der Waals surface area (Å²) >= 11 is 0. The predicted molar refractivity (Wildman–Crippen MR) is 139 cm³/mol. The summed E-state index contributed by atoms with van der Waals surface area (Å²) in [5.74, 6) is 1.39. The number of para-hydroxylation sites is 1. The summed E-state index contributed by atoms with van der Waals surface area (Å²) < 4.78 is 12.5. The molecule has 35 heavy (non-hydrogen) atoms. The minimum absolute atomic E-state index is 0.0791. The van der Waals surface area contributed by atoms with Gasteiger partial charge in [-0.25, -0.2) is 4.98 Å². The van der Waals surface area contributed by atoms with E-state index in [-0.39, 0.29) is 17.5 Å². The molecular formula is C28H37N3O4. The van der Waals surface area contributed by atoms with Gasteiger partial charge in [-0.1, -0.05) is 32.4 Å². The van der Waals surface area contributed by atoms with Gasteiger partial charge in [0.1, 0.15) is 11.6 Å². The van der Waals surface area contributed by atoms with E-state index in [9.17, 15) is 9.59 Å². The van der Waals surface area contributed by atoms with Gasteiger partial charge >= 0.3 is 0 Å². The summed E-state index contributed by atoms with van der Waals surface area (Å²) in [6.07, 6.45) is 3.59. The molecule has 1 amide bonds. The molecule has 0 saturated heterocycles. The monoisotopic (exact) mass is 479 g/mol. The zero-order chi connectivity index (χ0) is 25.2. The van der Waals surface area contributed by atoms with Gasteiger partial charge in [0.25, 0.3) is 5.56 Å². The number of rotatable bonds is 13. The number of amides is 1. The van der Waals surface area contributed by atoms with Gasteiger partial charge in [-0.15, -0.1) is 0 Å². The molecule has 0 aliphatic carbocycles. The first kappa shape index (κ1) is 26.4. The van der Waals surface area contributed by atoms with Crippen LogP contribution >= 0.6 is 0 Å². The average molecular weight is 480 g/mol. The lowest BCUT2D eigenvalue weighted by atomic mass is 10.1. The Morgan fingerprint density at radius 2 is 1.80 bits per heavy atom. The van der Waals surface area contributed by atoms with Crippen molar-refractivity contribution in [1.82, 2.24) is 14.5 Å². The zero-order valence-electron chi connectivity index (χ0n) is 21.3. The van der Waals surface area contributed by atoms with E-state index in [1.165, 1.54) is 0 Å². The Kier molecular flexibility index (Phi) is 9.85. The van der Waals surface area contributed by atoms with Crippen molar-refractivity contribution >= 4 is 16.8 Å². The van der Waals surface area contributed by atoms with Crippen LogP contribution in [0.5, 0.6) is 5.75 Å². The molecule has 7 heteroatoms. The standard InChI is InChI=1S/C28H37N3O4/c1-5-8-14-26(32)30(19-11-20-34-4)25(6-2)27-29-24-13-10-9-12-23(24)28(33)31(27)21-15-17-22(18-16-21)35-7-3/h9-10,12-13,15-18,25H,5-8,11,14,19-20H2,1-4H3. The van der Waals surface area contributed by atoms with Crippen molar-refractivity contribution in [2.24, 2.45) is 0 Å². The van der Waals surface area contributed by atoms with Crippen LogP contribution in [0.4, 0.5) is 0 Å². The first-order valence-corrected chi connectivity index (χ1v) is 12.6. The molecule has 3 rings (SSSR count). The molecular weight excluding hydrogens is 442 g/mol. The van der Waals surface area contributed by atoms with Crippen LogP contribution in [0, 0.1) is 0 Å². The molecule has 0 bridgehead atoms. The van der Waals surface area contributed by atoms with Crippen molar-refractivity contribution in [1.29, 1.82) is 0 Å². The van der Waals surface area contributed by atoms with Gasteiger partial charge in [0.2, 0.25) is 5.91 Å². The molecule has 0 saturated carbocycles. The Bertz CT molecular complexity index is 1160. The molecule has 0 N–H and O–H groups in total. The summed E-state index contributed by atoms with van der Waals surface area (Å²) in [5, 5.41) is 0.545. The number of benzene rings is 2. The lowest BCUT2D eigenvalue weighted by Crippen LogP contribution is -2.39. The molecule has 0 radical (unpaired) electrons. The Morgan fingerprint density at radius 3 is 2.46 bits per heavy atom. The van der Waals surface area contributed by atoms with E-state index in [0.717, 1.165) is 18.6 Å². The third kappa shape index (κ3) is 6.28. The maximum atomic E-state index is 13.8. The summed E-state index contributed by atoms with van der Waals surface area (Å²) in [7, 11) is 1.66. The Hall–Kier alpha value is -3.19. The Balaban J connectivity index is 2.18. The summed E-state index contributed by atoms with van der Waals surface area (Å²) in [5.41, 5.74) is 1.18. The van der Waals surface area contributed by atoms with E-state index in [0.29, 0.717) is 61.4 Å². The van der Waals surface area contributed by atoms with Gasteiger partial charge < -0.3 is 14.4 Å². The lowest BCUT2D eigenvalue weighted by Gasteiger charge is -2.32. The smallest absolute Gasteiger partial charge is 0.266 e. The molecule has 188 valence electrons. The van der Waals surface area contributed by atoms with E-state index >= 15 is 0 Å². The summed E-state index contributed by atoms with van der Waals surface area (Å²) in [6.45, 7) is 7.71. The Morgan fingerprint density at radius 1 is 1.06 bits per heavy atom. The highest BCUT2D eigenvalue weighted by Crippen LogP contribution is 2.28. The van der Waals surface area contributed by atoms with Crippen LogP contribution < -0.4 is 10.3 Å². The van der Waals surface area contributed by atoms with Gasteiger partial charge in [-0.05, 0) is 62.6 Å². The fraction of sp³-hybridized carbons (Fsp3) is 0.464. The fourth-order valence-electron chi connectivity index (χ4n) is 4.33. The van der Waals surface area contributed by atoms with E-state index in [4.69, 9.17) is 14.5 Å². The van der Waals surface area contributed by atoms with Crippen LogP contribution in [0.1, 0.15) is 64.7 Å². The van der Waals surface area contributed by atoms with Crippen LogP contribution in [0.25, 0.3) is 16.6 Å². The SMILES string of the molecule is CCCCC(=O)N(CCCOC)C(CC)c1nc2ccccc2c(=O)n1-c1ccc(OCC)cc1. The number of carbonyl (C=O) groups is 1. The normalized spacial score (nSPS) is 12.0.